The van der Waals surface area contributed by atoms with Crippen LogP contribution in [0.25, 0.3) is 21.0 Å². The Balaban J connectivity index is 1.33. The molecule has 0 saturated carbocycles. The van der Waals surface area contributed by atoms with Crippen molar-refractivity contribution in [3.8, 4) is 21.0 Å². The highest BCUT2D eigenvalue weighted by molar-refractivity contribution is 7.89. The van der Waals surface area contributed by atoms with E-state index in [1.807, 2.05) is 52.1 Å². The molecule has 2 aromatic heterocycles. The van der Waals surface area contributed by atoms with Crippen molar-refractivity contribution in [2.45, 2.75) is 38.1 Å². The Bertz CT molecular complexity index is 1590. The van der Waals surface area contributed by atoms with E-state index in [0.29, 0.717) is 5.95 Å². The number of sulfonamides is 1. The first-order valence-corrected chi connectivity index (χ1v) is 15.7. The van der Waals surface area contributed by atoms with Gasteiger partial charge in [-0.2, -0.15) is 0 Å². The zero-order valence-electron chi connectivity index (χ0n) is 23.6. The topological polar surface area (TPSA) is 90.5 Å². The van der Waals surface area contributed by atoms with Crippen LogP contribution in [0.3, 0.4) is 0 Å². The lowest BCUT2D eigenvalue weighted by Crippen LogP contribution is -2.44. The molecule has 10 heteroatoms. The maximum atomic E-state index is 12.9. The van der Waals surface area contributed by atoms with Gasteiger partial charge < -0.3 is 15.1 Å². The number of thiophene rings is 1. The van der Waals surface area contributed by atoms with Gasteiger partial charge in [-0.05, 0) is 94.4 Å². The van der Waals surface area contributed by atoms with Gasteiger partial charge in [0.2, 0.25) is 16.0 Å². The molecule has 3 heterocycles. The van der Waals surface area contributed by atoms with Crippen molar-refractivity contribution in [2.24, 2.45) is 0 Å². The summed E-state index contributed by atoms with van der Waals surface area (Å²) in [7, 11) is -1.47. The van der Waals surface area contributed by atoms with Gasteiger partial charge in [0.1, 0.15) is 0 Å². The minimum atomic E-state index is -3.63. The molecule has 0 atom stereocenters. The molecule has 210 valence electrons. The molecule has 1 fully saturated rings. The molecule has 0 aliphatic carbocycles. The number of benzene rings is 2. The summed E-state index contributed by atoms with van der Waals surface area (Å²) in [5.41, 5.74) is 4.26. The number of aromatic nitrogens is 2. The van der Waals surface area contributed by atoms with Crippen molar-refractivity contribution in [1.82, 2.24) is 19.6 Å². The van der Waals surface area contributed by atoms with Gasteiger partial charge in [-0.15, -0.1) is 11.3 Å². The first-order valence-electron chi connectivity index (χ1n) is 13.4. The van der Waals surface area contributed by atoms with Gasteiger partial charge in [0, 0.05) is 54.2 Å². The number of nitrogens with one attached hydrogen (secondary N) is 2. The van der Waals surface area contributed by atoms with Crippen LogP contribution in [0.4, 0.5) is 17.3 Å². The van der Waals surface area contributed by atoms with Crippen molar-refractivity contribution in [3.63, 3.8) is 0 Å². The van der Waals surface area contributed by atoms with E-state index in [4.69, 9.17) is 4.98 Å². The molecule has 0 unspecified atom stereocenters. The Labute approximate surface area is 241 Å². The van der Waals surface area contributed by atoms with Crippen molar-refractivity contribution < 1.29 is 8.42 Å². The van der Waals surface area contributed by atoms with Gasteiger partial charge in [0.25, 0.3) is 0 Å². The minimum absolute atomic E-state index is 0.248. The Morgan fingerprint density at radius 1 is 0.925 bits per heavy atom. The zero-order valence-corrected chi connectivity index (χ0v) is 25.2. The quantitative estimate of drug-likeness (QED) is 0.289. The van der Waals surface area contributed by atoms with E-state index in [2.05, 4.69) is 56.1 Å². The lowest BCUT2D eigenvalue weighted by Gasteiger charge is -2.34. The fourth-order valence-corrected chi connectivity index (χ4v) is 7.12. The first-order chi connectivity index (χ1) is 19.0. The van der Waals surface area contributed by atoms with E-state index in [-0.39, 0.29) is 4.90 Å². The lowest BCUT2D eigenvalue weighted by molar-refractivity contribution is 0.313. The van der Waals surface area contributed by atoms with Crippen LogP contribution in [0.15, 0.2) is 71.8 Å². The van der Waals surface area contributed by atoms with E-state index in [1.54, 1.807) is 29.5 Å². The van der Waals surface area contributed by atoms with Crippen LogP contribution in [0.5, 0.6) is 0 Å². The van der Waals surface area contributed by atoms with Crippen LogP contribution >= 0.6 is 11.3 Å². The SMILES string of the molecule is Cc1cnc(Nc2ccc(N3CCN(C)CC3)cc2)nc1-c1ccc(-c2cccc(S(=O)(=O)NC(C)(C)C)c2)s1. The summed E-state index contributed by atoms with van der Waals surface area (Å²) in [6.45, 7) is 11.7. The third-order valence-corrected chi connectivity index (χ3v) is 9.57. The van der Waals surface area contributed by atoms with Gasteiger partial charge in [-0.1, -0.05) is 12.1 Å². The Kier molecular flexibility index (Phi) is 7.96. The molecule has 2 N–H and O–H groups in total. The number of piperazine rings is 1. The molecule has 0 radical (unpaired) electrons. The second kappa shape index (κ2) is 11.3. The highest BCUT2D eigenvalue weighted by atomic mass is 32.2. The van der Waals surface area contributed by atoms with Crippen LogP contribution in [-0.4, -0.2) is 62.1 Å². The predicted octanol–water partition coefficient (Wildman–Crippen LogP) is 5.75. The molecule has 0 bridgehead atoms. The Morgan fingerprint density at radius 3 is 2.33 bits per heavy atom. The molecular weight excluding hydrogens is 541 g/mol. The van der Waals surface area contributed by atoms with Crippen molar-refractivity contribution in [2.75, 3.05) is 43.4 Å². The second-order valence-corrected chi connectivity index (χ2v) is 14.0. The Morgan fingerprint density at radius 2 is 1.62 bits per heavy atom. The summed E-state index contributed by atoms with van der Waals surface area (Å²) in [6.07, 6.45) is 1.83. The summed E-state index contributed by atoms with van der Waals surface area (Å²) in [4.78, 5) is 16.3. The molecule has 0 spiro atoms. The normalized spacial score (nSPS) is 14.9. The third kappa shape index (κ3) is 6.69. The lowest BCUT2D eigenvalue weighted by atomic mass is 10.1. The molecule has 4 aromatic rings. The maximum absolute atomic E-state index is 12.9. The number of rotatable bonds is 7. The Hall–Kier alpha value is -3.31. The maximum Gasteiger partial charge on any atom is 0.241 e. The fraction of sp³-hybridized carbons (Fsp3) is 0.333. The molecular formula is C30H36N6O2S2. The van der Waals surface area contributed by atoms with E-state index < -0.39 is 15.6 Å². The summed E-state index contributed by atoms with van der Waals surface area (Å²) in [5, 5.41) is 3.34. The standard InChI is InChI=1S/C30H36N6O2S2/c1-21-20-31-29(32-23-9-11-24(12-10-23)36-17-15-35(5)16-18-36)33-28(21)27-14-13-26(39-27)22-7-6-8-25(19-22)40(37,38)34-30(2,3)4/h6-14,19-20,34H,15-18H2,1-5H3,(H,31,32,33). The average molecular weight is 577 g/mol. The van der Waals surface area contributed by atoms with Crippen molar-refractivity contribution >= 4 is 38.7 Å². The fourth-order valence-electron chi connectivity index (χ4n) is 4.60. The zero-order chi connectivity index (χ0) is 28.5. The monoisotopic (exact) mass is 576 g/mol. The van der Waals surface area contributed by atoms with E-state index in [9.17, 15) is 8.42 Å². The smallest absolute Gasteiger partial charge is 0.241 e. The number of likely N-dealkylation sites (N-methyl/N-ethyl adjacent to an activating group) is 1. The number of hydrogen-bond acceptors (Lipinski definition) is 8. The number of nitrogens with zero attached hydrogens (tertiary/aromatic N) is 4. The van der Waals surface area contributed by atoms with E-state index in [0.717, 1.165) is 58.4 Å². The molecule has 40 heavy (non-hydrogen) atoms. The highest BCUT2D eigenvalue weighted by Gasteiger charge is 2.22. The summed E-state index contributed by atoms with van der Waals surface area (Å²) >= 11 is 1.58. The van der Waals surface area contributed by atoms with Gasteiger partial charge in [0.05, 0.1) is 15.5 Å². The largest absolute Gasteiger partial charge is 0.369 e. The van der Waals surface area contributed by atoms with Gasteiger partial charge in [-0.25, -0.2) is 23.1 Å². The number of aryl methyl sites for hydroxylation is 1. The van der Waals surface area contributed by atoms with E-state index in [1.165, 1.54) is 5.69 Å². The highest BCUT2D eigenvalue weighted by Crippen LogP contribution is 2.36. The molecule has 8 nitrogen and oxygen atoms in total. The average Bonchev–Trinajstić information content (AvgIpc) is 3.40. The summed E-state index contributed by atoms with van der Waals surface area (Å²) in [5.74, 6) is 0.532. The molecule has 0 amide bonds. The predicted molar refractivity (Wildman–Crippen MR) is 165 cm³/mol. The van der Waals surface area contributed by atoms with Crippen LogP contribution in [0.1, 0.15) is 26.3 Å². The summed E-state index contributed by atoms with van der Waals surface area (Å²) < 4.78 is 28.5. The summed E-state index contributed by atoms with van der Waals surface area (Å²) in [6, 6.07) is 19.5. The number of hydrogen-bond donors (Lipinski definition) is 2. The second-order valence-electron chi connectivity index (χ2n) is 11.2. The van der Waals surface area contributed by atoms with E-state index >= 15 is 0 Å². The number of anilines is 3. The molecule has 1 saturated heterocycles. The van der Waals surface area contributed by atoms with Crippen molar-refractivity contribution in [1.29, 1.82) is 0 Å². The van der Waals surface area contributed by atoms with Gasteiger partial charge in [0.15, 0.2) is 0 Å². The molecule has 1 aliphatic rings. The van der Waals surface area contributed by atoms with Crippen LogP contribution < -0.4 is 14.9 Å². The molecule has 1 aliphatic heterocycles. The third-order valence-electron chi connectivity index (χ3n) is 6.67. The van der Waals surface area contributed by atoms with Crippen molar-refractivity contribution in [3.05, 3.63) is 72.4 Å². The first kappa shape index (κ1) is 28.2. The van der Waals surface area contributed by atoms with Gasteiger partial charge >= 0.3 is 0 Å². The van der Waals surface area contributed by atoms with Gasteiger partial charge in [-0.3, -0.25) is 0 Å². The van der Waals surface area contributed by atoms with Crippen LogP contribution in [0.2, 0.25) is 0 Å². The van der Waals surface area contributed by atoms with Crippen LogP contribution in [0, 0.1) is 6.92 Å². The van der Waals surface area contributed by atoms with Crippen LogP contribution in [-0.2, 0) is 10.0 Å². The minimum Gasteiger partial charge on any atom is -0.369 e. The molecule has 5 rings (SSSR count). The molecule has 2 aromatic carbocycles.